The Labute approximate surface area is 254 Å². The van der Waals surface area contributed by atoms with Gasteiger partial charge in [0, 0.05) is 56.2 Å². The number of carbonyl (C=O) groups excluding carboxylic acids is 2. The summed E-state index contributed by atoms with van der Waals surface area (Å²) in [5.74, 6) is 1.62. The van der Waals surface area contributed by atoms with Gasteiger partial charge in [-0.25, -0.2) is 9.78 Å². The van der Waals surface area contributed by atoms with Crippen molar-refractivity contribution in [1.82, 2.24) is 14.5 Å². The van der Waals surface area contributed by atoms with Gasteiger partial charge in [0.25, 0.3) is 0 Å². The van der Waals surface area contributed by atoms with Gasteiger partial charge in [-0.1, -0.05) is 25.7 Å². The van der Waals surface area contributed by atoms with Crippen LogP contribution in [0.15, 0.2) is 36.5 Å². The van der Waals surface area contributed by atoms with Gasteiger partial charge in [0.05, 0.1) is 19.8 Å². The summed E-state index contributed by atoms with van der Waals surface area (Å²) in [6.45, 7) is 14.6. The summed E-state index contributed by atoms with van der Waals surface area (Å²) < 4.78 is 25.0. The zero-order valence-electron chi connectivity index (χ0n) is 26.6. The van der Waals surface area contributed by atoms with Crippen molar-refractivity contribution in [2.75, 3.05) is 39.2 Å². The first kappa shape index (κ1) is 30.9. The number of carbonyl (C=O) groups is 2. The quantitative estimate of drug-likeness (QED) is 0.215. The highest BCUT2D eigenvalue weighted by molar-refractivity contribution is 6.76. The van der Waals surface area contributed by atoms with Crippen LogP contribution in [0.5, 0.6) is 11.5 Å². The van der Waals surface area contributed by atoms with Crippen LogP contribution in [0.1, 0.15) is 27.2 Å². The van der Waals surface area contributed by atoms with Gasteiger partial charge >= 0.3 is 6.09 Å². The molecule has 2 amide bonds. The number of amides is 2. The van der Waals surface area contributed by atoms with Crippen molar-refractivity contribution in [2.45, 2.75) is 65.2 Å². The largest absolute Gasteiger partial charge is 0.496 e. The Kier molecular flexibility index (Phi) is 8.25. The summed E-state index contributed by atoms with van der Waals surface area (Å²) in [5.41, 5.74) is 1.72. The number of benzene rings is 1. The number of hydrogen-bond donors (Lipinski definition) is 1. The van der Waals surface area contributed by atoms with E-state index in [1.807, 2.05) is 61.9 Å². The third-order valence-corrected chi connectivity index (χ3v) is 9.77. The predicted molar refractivity (Wildman–Crippen MR) is 169 cm³/mol. The maximum atomic E-state index is 13.3. The number of fused-ring (bicyclic) bond motifs is 1. The standard InChI is InChI=1S/C32H44N4O6Si/c1-31(2,3)42-30(38)36-18-32(19-36)16-23(32)29(37)34-26-13-12-21-22(27-24(39-4)10-9-11-25(27)40-5)17-35(28(21)33-26)20-41-14-15-43(6,7)8/h9-13,17,23H,14-16,18-20H2,1-8H3,(H,33,34,37). The molecule has 11 heteroatoms. The molecule has 3 aromatic rings. The SMILES string of the molecule is COc1cccc(OC)c1-c1cn(COCC[Si](C)(C)C)c2nc(NC(=O)C3CC34CN(C(=O)OC(C)(C)C)C4)ccc12. The number of nitrogens with zero attached hydrogens (tertiary/aromatic N) is 3. The molecular formula is C32H44N4O6Si. The molecule has 10 nitrogen and oxygen atoms in total. The lowest BCUT2D eigenvalue weighted by molar-refractivity contribution is -0.119. The molecule has 0 bridgehead atoms. The number of aromatic nitrogens is 2. The van der Waals surface area contributed by atoms with Gasteiger partial charge in [-0.2, -0.15) is 0 Å². The first-order valence-corrected chi connectivity index (χ1v) is 18.5. The third-order valence-electron chi connectivity index (χ3n) is 8.07. The van der Waals surface area contributed by atoms with Gasteiger partial charge in [-0.15, -0.1) is 0 Å². The highest BCUT2D eigenvalue weighted by Crippen LogP contribution is 2.59. The van der Waals surface area contributed by atoms with Crippen LogP contribution in [-0.2, 0) is 21.0 Å². The number of anilines is 1. The average Bonchev–Trinajstić information content (AvgIpc) is 3.58. The average molecular weight is 609 g/mol. The van der Waals surface area contributed by atoms with Gasteiger partial charge in [0.1, 0.15) is 35.3 Å². The van der Waals surface area contributed by atoms with E-state index < -0.39 is 13.7 Å². The first-order valence-electron chi connectivity index (χ1n) is 14.8. The molecular weight excluding hydrogens is 564 g/mol. The molecule has 0 radical (unpaired) electrons. The molecule has 1 unspecified atom stereocenters. The summed E-state index contributed by atoms with van der Waals surface area (Å²) in [7, 11) is 2.04. The molecule has 3 heterocycles. The fraction of sp³-hybridized carbons (Fsp3) is 0.531. The van der Waals surface area contributed by atoms with Crippen LogP contribution < -0.4 is 14.8 Å². The molecule has 232 valence electrons. The van der Waals surface area contributed by atoms with Gasteiger partial charge < -0.3 is 33.7 Å². The summed E-state index contributed by atoms with van der Waals surface area (Å²) in [4.78, 5) is 32.2. The van der Waals surface area contributed by atoms with Gasteiger partial charge in [0.2, 0.25) is 5.91 Å². The highest BCUT2D eigenvalue weighted by atomic mass is 28.3. The second-order valence-corrected chi connectivity index (χ2v) is 19.5. The Bertz CT molecular complexity index is 1490. The van der Waals surface area contributed by atoms with E-state index in [1.165, 1.54) is 0 Å². The maximum Gasteiger partial charge on any atom is 0.410 e. The molecule has 1 spiro atoms. The van der Waals surface area contributed by atoms with Crippen molar-refractivity contribution < 1.29 is 28.5 Å². The summed E-state index contributed by atoms with van der Waals surface area (Å²) in [5, 5.41) is 3.92. The van der Waals surface area contributed by atoms with Crippen LogP contribution in [0.3, 0.4) is 0 Å². The number of methoxy groups -OCH3 is 2. The minimum Gasteiger partial charge on any atom is -0.496 e. The Balaban J connectivity index is 1.36. The first-order chi connectivity index (χ1) is 20.2. The van der Waals surface area contributed by atoms with E-state index >= 15 is 0 Å². The van der Waals surface area contributed by atoms with Crippen LogP contribution in [0.25, 0.3) is 22.2 Å². The van der Waals surface area contributed by atoms with E-state index in [1.54, 1.807) is 19.1 Å². The predicted octanol–water partition coefficient (Wildman–Crippen LogP) is 6.23. The lowest BCUT2D eigenvalue weighted by Crippen LogP contribution is -2.54. The Morgan fingerprint density at radius 2 is 1.74 bits per heavy atom. The molecule has 1 aromatic carbocycles. The molecule has 5 rings (SSSR count). The normalized spacial score (nSPS) is 17.5. The van der Waals surface area contributed by atoms with Crippen molar-refractivity contribution in [1.29, 1.82) is 0 Å². The van der Waals surface area contributed by atoms with Crippen LogP contribution in [-0.4, -0.2) is 74.0 Å². The minimum absolute atomic E-state index is 0.0770. The maximum absolute atomic E-state index is 13.3. The van der Waals surface area contributed by atoms with E-state index in [0.29, 0.717) is 49.4 Å². The molecule has 43 heavy (non-hydrogen) atoms. The van der Waals surface area contributed by atoms with Crippen LogP contribution in [0, 0.1) is 11.3 Å². The van der Waals surface area contributed by atoms with E-state index in [9.17, 15) is 9.59 Å². The van der Waals surface area contributed by atoms with Gasteiger partial charge in [-0.3, -0.25) is 4.79 Å². The van der Waals surface area contributed by atoms with Crippen LogP contribution in [0.4, 0.5) is 10.6 Å². The van der Waals surface area contributed by atoms with E-state index in [4.69, 9.17) is 23.9 Å². The number of likely N-dealkylation sites (tertiary alicyclic amines) is 1. The molecule has 1 atom stereocenters. The van der Waals surface area contributed by atoms with Crippen LogP contribution >= 0.6 is 0 Å². The molecule has 1 N–H and O–H groups in total. The zero-order chi connectivity index (χ0) is 31.2. The van der Waals surface area contributed by atoms with E-state index in [0.717, 1.165) is 29.0 Å². The number of hydrogen-bond acceptors (Lipinski definition) is 7. The van der Waals surface area contributed by atoms with Gasteiger partial charge in [-0.05, 0) is 57.5 Å². The smallest absolute Gasteiger partial charge is 0.410 e. The molecule has 1 saturated heterocycles. The van der Waals surface area contributed by atoms with Gasteiger partial charge in [0.15, 0.2) is 0 Å². The Hall–Kier alpha value is -3.57. The third kappa shape index (κ3) is 6.67. The van der Waals surface area contributed by atoms with E-state index in [-0.39, 0.29) is 23.3 Å². The zero-order valence-corrected chi connectivity index (χ0v) is 27.6. The lowest BCUT2D eigenvalue weighted by atomic mass is 9.94. The lowest BCUT2D eigenvalue weighted by Gasteiger charge is -2.41. The summed E-state index contributed by atoms with van der Waals surface area (Å²) in [6, 6.07) is 10.6. The second-order valence-electron chi connectivity index (χ2n) is 13.9. The summed E-state index contributed by atoms with van der Waals surface area (Å²) >= 11 is 0. The van der Waals surface area contributed by atoms with E-state index in [2.05, 4.69) is 25.0 Å². The fourth-order valence-corrected chi connectivity index (χ4v) is 6.40. The molecule has 2 aromatic heterocycles. The number of nitrogens with one attached hydrogen (secondary N) is 1. The van der Waals surface area contributed by atoms with Crippen molar-refractivity contribution >= 4 is 36.9 Å². The number of pyridine rings is 1. The molecule has 1 aliphatic carbocycles. The Morgan fingerprint density at radius 3 is 2.35 bits per heavy atom. The molecule has 2 fully saturated rings. The molecule has 1 aliphatic heterocycles. The fourth-order valence-electron chi connectivity index (χ4n) is 5.64. The van der Waals surface area contributed by atoms with Crippen molar-refractivity contribution in [3.63, 3.8) is 0 Å². The molecule has 2 aliphatic rings. The van der Waals surface area contributed by atoms with Crippen LogP contribution in [0.2, 0.25) is 25.7 Å². The minimum atomic E-state index is -1.24. The van der Waals surface area contributed by atoms with Crippen molar-refractivity contribution in [3.05, 3.63) is 36.5 Å². The number of ether oxygens (including phenoxy) is 4. The Morgan fingerprint density at radius 1 is 1.07 bits per heavy atom. The summed E-state index contributed by atoms with van der Waals surface area (Å²) in [6.07, 6.45) is 2.43. The highest BCUT2D eigenvalue weighted by Gasteiger charge is 2.65. The molecule has 1 saturated carbocycles. The van der Waals surface area contributed by atoms with Crippen molar-refractivity contribution in [3.8, 4) is 22.6 Å². The van der Waals surface area contributed by atoms with Crippen molar-refractivity contribution in [2.24, 2.45) is 11.3 Å². The monoisotopic (exact) mass is 608 g/mol. The second kappa shape index (κ2) is 11.5. The number of rotatable bonds is 10. The topological polar surface area (TPSA) is 104 Å².